The first-order chi connectivity index (χ1) is 24.5. The lowest BCUT2D eigenvalue weighted by Crippen LogP contribution is -2.41. The molecule has 0 saturated carbocycles. The Kier molecular flexibility index (Phi) is 17.6. The monoisotopic (exact) mass is 701 g/mol. The molecule has 0 saturated heterocycles. The summed E-state index contributed by atoms with van der Waals surface area (Å²) in [4.78, 5) is 42.0. The van der Waals surface area contributed by atoms with Gasteiger partial charge in [-0.25, -0.2) is 4.79 Å². The number of carbonyl (C=O) groups excluding carboxylic acids is 3. The predicted octanol–water partition coefficient (Wildman–Crippen LogP) is 9.54. The molecule has 1 heterocycles. The Hall–Kier alpha value is -3.49. The first-order valence-corrected chi connectivity index (χ1v) is 20.1. The summed E-state index contributed by atoms with van der Waals surface area (Å²) >= 11 is 1.82. The molecule has 2 amide bonds. The molecule has 0 bridgehead atoms. The Bertz CT molecular complexity index is 1440. The van der Waals surface area contributed by atoms with E-state index in [4.69, 9.17) is 4.74 Å². The van der Waals surface area contributed by atoms with Crippen LogP contribution in [-0.4, -0.2) is 48.4 Å². The van der Waals surface area contributed by atoms with Crippen LogP contribution in [0.1, 0.15) is 130 Å². The molecule has 3 aromatic rings. The van der Waals surface area contributed by atoms with Crippen LogP contribution >= 0.6 is 11.3 Å². The van der Waals surface area contributed by atoms with Gasteiger partial charge in [0, 0.05) is 35.1 Å². The van der Waals surface area contributed by atoms with Gasteiger partial charge >= 0.3 is 5.97 Å². The number of ether oxygens (including phenoxy) is 1. The fourth-order valence-corrected chi connectivity index (χ4v) is 7.62. The summed E-state index contributed by atoms with van der Waals surface area (Å²) in [6.07, 6.45) is 19.3. The standard InChI is InChI=1S/C42H59N3O4S/c1-3-5-6-7-8-9-10-11-12-13-14-20-40(46)44-35-23-21-33(22-24-35)42(48)43-32-41(47)49-39-19-15-17-34-31-36(25-26-38(34)39)45(28-4-2)29-27-37-18-16-30-50-37/h15-19,21-24,30,36H,3-14,20,25-29,31-32H2,1-2H3,(H,43,48)(H,44,46)/t36-/m0/s1. The highest BCUT2D eigenvalue weighted by Crippen LogP contribution is 2.32. The van der Waals surface area contributed by atoms with Crippen LogP contribution in [0.15, 0.2) is 60.0 Å². The highest BCUT2D eigenvalue weighted by molar-refractivity contribution is 7.09. The van der Waals surface area contributed by atoms with Crippen molar-refractivity contribution in [1.82, 2.24) is 10.2 Å². The average molecular weight is 702 g/mol. The van der Waals surface area contributed by atoms with Crippen LogP contribution in [0.4, 0.5) is 5.69 Å². The third-order valence-corrected chi connectivity index (χ3v) is 10.7. The molecule has 1 atom stereocenters. The van der Waals surface area contributed by atoms with Crippen molar-refractivity contribution in [2.45, 2.75) is 129 Å². The molecule has 0 unspecified atom stereocenters. The highest BCUT2D eigenvalue weighted by Gasteiger charge is 2.26. The number of esters is 1. The molecule has 2 aromatic carbocycles. The molecule has 2 N–H and O–H groups in total. The number of hydrogen-bond acceptors (Lipinski definition) is 6. The molecule has 8 heteroatoms. The summed E-state index contributed by atoms with van der Waals surface area (Å²) in [5.74, 6) is -0.276. The lowest BCUT2D eigenvalue weighted by molar-refractivity contribution is -0.133. The van der Waals surface area contributed by atoms with Crippen molar-refractivity contribution in [2.75, 3.05) is 25.0 Å². The second-order valence-electron chi connectivity index (χ2n) is 13.7. The summed E-state index contributed by atoms with van der Waals surface area (Å²) in [6.45, 7) is 6.40. The normalized spacial score (nSPS) is 13.9. The Labute approximate surface area is 304 Å². The minimum Gasteiger partial charge on any atom is -0.425 e. The molecule has 50 heavy (non-hydrogen) atoms. The van der Waals surface area contributed by atoms with E-state index in [1.165, 1.54) is 68.2 Å². The van der Waals surface area contributed by atoms with Gasteiger partial charge in [-0.2, -0.15) is 0 Å². The van der Waals surface area contributed by atoms with Gasteiger partial charge in [0.2, 0.25) is 5.91 Å². The van der Waals surface area contributed by atoms with E-state index < -0.39 is 5.97 Å². The van der Waals surface area contributed by atoms with E-state index in [1.807, 2.05) is 23.5 Å². The van der Waals surface area contributed by atoms with Crippen LogP contribution in [0.5, 0.6) is 5.75 Å². The third-order valence-electron chi connectivity index (χ3n) is 9.72. The van der Waals surface area contributed by atoms with Crippen molar-refractivity contribution in [2.24, 2.45) is 0 Å². The molecule has 1 aliphatic rings. The van der Waals surface area contributed by atoms with Crippen molar-refractivity contribution < 1.29 is 19.1 Å². The number of unbranched alkanes of at least 4 members (excludes halogenated alkanes) is 10. The molecular weight excluding hydrogens is 643 g/mol. The van der Waals surface area contributed by atoms with Crippen LogP contribution in [0.3, 0.4) is 0 Å². The quantitative estimate of drug-likeness (QED) is 0.0584. The molecule has 0 fully saturated rings. The number of nitrogens with one attached hydrogen (secondary N) is 2. The third kappa shape index (κ3) is 13.7. The van der Waals surface area contributed by atoms with Gasteiger partial charge in [-0.05, 0) is 98.0 Å². The summed E-state index contributed by atoms with van der Waals surface area (Å²) < 4.78 is 5.77. The van der Waals surface area contributed by atoms with Crippen LogP contribution in [0.2, 0.25) is 0 Å². The number of anilines is 1. The zero-order chi connectivity index (χ0) is 35.4. The van der Waals surface area contributed by atoms with Gasteiger partial charge in [-0.3, -0.25) is 14.5 Å². The molecule has 0 radical (unpaired) electrons. The van der Waals surface area contributed by atoms with Crippen molar-refractivity contribution in [3.05, 3.63) is 81.5 Å². The smallest absolute Gasteiger partial charge is 0.330 e. The van der Waals surface area contributed by atoms with Crippen LogP contribution < -0.4 is 15.4 Å². The van der Waals surface area contributed by atoms with Gasteiger partial charge in [-0.1, -0.05) is 96.3 Å². The molecule has 1 aliphatic carbocycles. The number of carbonyl (C=O) groups is 3. The molecule has 0 aliphatic heterocycles. The maximum atomic E-state index is 12.8. The maximum absolute atomic E-state index is 12.8. The van der Waals surface area contributed by atoms with Gasteiger partial charge in [-0.15, -0.1) is 11.3 Å². The van der Waals surface area contributed by atoms with Crippen LogP contribution in [-0.2, 0) is 28.9 Å². The minimum absolute atomic E-state index is 0.00748. The first-order valence-electron chi connectivity index (χ1n) is 19.2. The Morgan fingerprint density at radius 1 is 0.820 bits per heavy atom. The minimum atomic E-state index is -0.497. The zero-order valence-electron chi connectivity index (χ0n) is 30.5. The first kappa shape index (κ1) is 39.3. The predicted molar refractivity (Wildman–Crippen MR) is 206 cm³/mol. The zero-order valence-corrected chi connectivity index (χ0v) is 31.3. The van der Waals surface area contributed by atoms with Gasteiger partial charge in [0.15, 0.2) is 0 Å². The van der Waals surface area contributed by atoms with Crippen molar-refractivity contribution in [1.29, 1.82) is 0 Å². The summed E-state index contributed by atoms with van der Waals surface area (Å²) in [7, 11) is 0. The van der Waals surface area contributed by atoms with E-state index in [9.17, 15) is 14.4 Å². The van der Waals surface area contributed by atoms with Gasteiger partial charge in [0.05, 0.1) is 0 Å². The molecule has 4 rings (SSSR count). The largest absolute Gasteiger partial charge is 0.425 e. The average Bonchev–Trinajstić information content (AvgIpc) is 3.65. The van der Waals surface area contributed by atoms with E-state index in [0.29, 0.717) is 29.5 Å². The van der Waals surface area contributed by atoms with Crippen LogP contribution in [0, 0.1) is 0 Å². The molecule has 0 spiro atoms. The number of fused-ring (bicyclic) bond motifs is 1. The number of rotatable bonds is 23. The Morgan fingerprint density at radius 3 is 2.22 bits per heavy atom. The number of thiophene rings is 1. The van der Waals surface area contributed by atoms with Gasteiger partial charge in [0.1, 0.15) is 12.3 Å². The molecule has 7 nitrogen and oxygen atoms in total. The fourth-order valence-electron chi connectivity index (χ4n) is 6.92. The summed E-state index contributed by atoms with van der Waals surface area (Å²) in [5.41, 5.74) is 3.41. The van der Waals surface area contributed by atoms with E-state index >= 15 is 0 Å². The van der Waals surface area contributed by atoms with Crippen molar-refractivity contribution in [3.8, 4) is 5.75 Å². The van der Waals surface area contributed by atoms with E-state index in [0.717, 1.165) is 63.6 Å². The second-order valence-corrected chi connectivity index (χ2v) is 14.8. The maximum Gasteiger partial charge on any atom is 0.330 e. The van der Waals surface area contributed by atoms with Gasteiger partial charge < -0.3 is 15.4 Å². The Morgan fingerprint density at radius 2 is 1.54 bits per heavy atom. The second kappa shape index (κ2) is 22.4. The fraction of sp³-hybridized carbons (Fsp3) is 0.548. The Balaban J connectivity index is 1.14. The number of nitrogens with zero attached hydrogens (tertiary/aromatic N) is 1. The molecular formula is C42H59N3O4S. The highest BCUT2D eigenvalue weighted by atomic mass is 32.1. The van der Waals surface area contributed by atoms with E-state index in [2.05, 4.69) is 53.0 Å². The summed E-state index contributed by atoms with van der Waals surface area (Å²) in [5, 5.41) is 7.75. The summed E-state index contributed by atoms with van der Waals surface area (Å²) in [6, 6.07) is 17.5. The van der Waals surface area contributed by atoms with E-state index in [1.54, 1.807) is 24.3 Å². The lowest BCUT2D eigenvalue weighted by atomic mass is 9.86. The number of hydrogen-bond donors (Lipinski definition) is 2. The topological polar surface area (TPSA) is 87.7 Å². The van der Waals surface area contributed by atoms with Crippen LogP contribution in [0.25, 0.3) is 0 Å². The van der Waals surface area contributed by atoms with Crippen molar-refractivity contribution in [3.63, 3.8) is 0 Å². The van der Waals surface area contributed by atoms with E-state index in [-0.39, 0.29) is 18.4 Å². The van der Waals surface area contributed by atoms with Crippen molar-refractivity contribution >= 4 is 34.8 Å². The number of amides is 2. The number of benzene rings is 2. The van der Waals surface area contributed by atoms with Gasteiger partial charge in [0.25, 0.3) is 5.91 Å². The molecule has 272 valence electrons. The SMILES string of the molecule is CCCCCCCCCCCCCC(=O)Nc1ccc(C(=O)NCC(=O)Oc2cccc3c2CC[C@H](N(CCC)CCc2cccs2)C3)cc1. The lowest BCUT2D eigenvalue weighted by Gasteiger charge is -2.35. The molecule has 1 aromatic heterocycles.